The van der Waals surface area contributed by atoms with Crippen molar-refractivity contribution in [2.24, 2.45) is 0 Å². The summed E-state index contributed by atoms with van der Waals surface area (Å²) >= 11 is 0. The molecule has 128 valence electrons. The Labute approximate surface area is 145 Å². The molecule has 0 aliphatic carbocycles. The number of rotatable bonds is 4. The molecule has 5 heteroatoms. The maximum absolute atomic E-state index is 13.0. The van der Waals surface area contributed by atoms with Crippen LogP contribution in [0.1, 0.15) is 24.9 Å². The van der Waals surface area contributed by atoms with Gasteiger partial charge >= 0.3 is 0 Å². The summed E-state index contributed by atoms with van der Waals surface area (Å²) in [5, 5.41) is 2.33. The summed E-state index contributed by atoms with van der Waals surface area (Å²) < 4.78 is 11.3. The van der Waals surface area contributed by atoms with E-state index in [9.17, 15) is 4.79 Å². The van der Waals surface area contributed by atoms with Crippen LogP contribution in [0.15, 0.2) is 70.1 Å². The molecule has 2 aromatic carbocycles. The molecule has 1 fully saturated rings. The van der Waals surface area contributed by atoms with Crippen LogP contribution >= 0.6 is 0 Å². The zero-order valence-electron chi connectivity index (χ0n) is 13.9. The van der Waals surface area contributed by atoms with Gasteiger partial charge in [-0.3, -0.25) is 4.79 Å². The van der Waals surface area contributed by atoms with Crippen LogP contribution in [0.4, 0.5) is 5.69 Å². The minimum absolute atomic E-state index is 0.0338. The third-order valence-electron chi connectivity index (χ3n) is 4.36. The summed E-state index contributed by atoms with van der Waals surface area (Å²) in [7, 11) is 0. The Morgan fingerprint density at radius 1 is 1.12 bits per heavy atom. The van der Waals surface area contributed by atoms with Crippen LogP contribution in [0.3, 0.4) is 0 Å². The molecule has 0 N–H and O–H groups in total. The molecular formula is C20H19NO4. The Kier molecular flexibility index (Phi) is 4.26. The number of benzene rings is 2. The van der Waals surface area contributed by atoms with Gasteiger partial charge in [-0.05, 0) is 31.2 Å². The van der Waals surface area contributed by atoms with Gasteiger partial charge in [0.25, 0.3) is 0 Å². The van der Waals surface area contributed by atoms with E-state index in [0.29, 0.717) is 29.6 Å². The van der Waals surface area contributed by atoms with E-state index in [0.717, 1.165) is 5.69 Å². The Morgan fingerprint density at radius 2 is 1.88 bits per heavy atom. The van der Waals surface area contributed by atoms with Gasteiger partial charge in [0.15, 0.2) is 11.7 Å². The van der Waals surface area contributed by atoms with E-state index < -0.39 is 0 Å². The van der Waals surface area contributed by atoms with E-state index in [1.165, 1.54) is 0 Å². The monoisotopic (exact) mass is 337 g/mol. The first-order valence-corrected chi connectivity index (χ1v) is 8.41. The van der Waals surface area contributed by atoms with Crippen molar-refractivity contribution >= 4 is 16.7 Å². The molecule has 3 aromatic rings. The first-order chi connectivity index (χ1) is 12.3. The van der Waals surface area contributed by atoms with Crippen LogP contribution in [-0.2, 0) is 9.57 Å². The first-order valence-electron chi connectivity index (χ1n) is 8.41. The highest BCUT2D eigenvalue weighted by Crippen LogP contribution is 2.37. The molecule has 25 heavy (non-hydrogen) atoms. The highest BCUT2D eigenvalue weighted by molar-refractivity contribution is 5.76. The van der Waals surface area contributed by atoms with Crippen molar-refractivity contribution in [1.29, 1.82) is 0 Å². The van der Waals surface area contributed by atoms with Gasteiger partial charge in [0.1, 0.15) is 11.8 Å². The summed E-state index contributed by atoms with van der Waals surface area (Å²) in [6.45, 7) is 2.47. The lowest BCUT2D eigenvalue weighted by Gasteiger charge is -2.24. The van der Waals surface area contributed by atoms with Crippen LogP contribution in [-0.4, -0.2) is 12.9 Å². The second-order valence-corrected chi connectivity index (χ2v) is 5.92. The molecule has 0 unspecified atom stereocenters. The second-order valence-electron chi connectivity index (χ2n) is 5.92. The molecule has 2 atom stereocenters. The van der Waals surface area contributed by atoms with Gasteiger partial charge in [0.2, 0.25) is 0 Å². The molecule has 0 saturated carbocycles. The van der Waals surface area contributed by atoms with Gasteiger partial charge in [-0.2, -0.15) is 0 Å². The average molecular weight is 337 g/mol. The van der Waals surface area contributed by atoms with E-state index in [2.05, 4.69) is 0 Å². The van der Waals surface area contributed by atoms with Crippen molar-refractivity contribution in [2.75, 3.05) is 11.7 Å². The quantitative estimate of drug-likeness (QED) is 0.719. The van der Waals surface area contributed by atoms with Gasteiger partial charge in [-0.1, -0.05) is 30.3 Å². The molecule has 2 heterocycles. The third kappa shape index (κ3) is 2.92. The van der Waals surface area contributed by atoms with Crippen LogP contribution in [0.5, 0.6) is 0 Å². The van der Waals surface area contributed by atoms with Crippen molar-refractivity contribution in [3.63, 3.8) is 0 Å². The number of nitrogens with zero attached hydrogens (tertiary/aromatic N) is 1. The molecule has 0 radical (unpaired) electrons. The Bertz CT molecular complexity index is 922. The molecule has 5 nitrogen and oxygen atoms in total. The van der Waals surface area contributed by atoms with Crippen LogP contribution in [0.2, 0.25) is 0 Å². The summed E-state index contributed by atoms with van der Waals surface area (Å²) in [6.07, 6.45) is 1.72. The molecule has 1 saturated heterocycles. The summed E-state index contributed by atoms with van der Waals surface area (Å²) in [5.74, 6) is 0. The second kappa shape index (κ2) is 6.70. The van der Waals surface area contributed by atoms with Gasteiger partial charge in [0.05, 0.1) is 22.7 Å². The van der Waals surface area contributed by atoms with Crippen molar-refractivity contribution < 1.29 is 14.0 Å². The van der Waals surface area contributed by atoms with E-state index in [1.54, 1.807) is 23.5 Å². The summed E-state index contributed by atoms with van der Waals surface area (Å²) in [5.41, 5.74) is 2.00. The van der Waals surface area contributed by atoms with Gasteiger partial charge < -0.3 is 9.15 Å². The van der Waals surface area contributed by atoms with Crippen molar-refractivity contribution in [1.82, 2.24) is 0 Å². The summed E-state index contributed by atoms with van der Waals surface area (Å²) in [4.78, 5) is 18.9. The Hall–Kier alpha value is -2.63. The summed E-state index contributed by atoms with van der Waals surface area (Å²) in [6, 6.07) is 16.7. The lowest BCUT2D eigenvalue weighted by molar-refractivity contribution is -0.115. The number of ether oxygens (including phenoxy) is 1. The normalized spacial score (nSPS) is 20.3. The minimum atomic E-state index is -0.388. The average Bonchev–Trinajstić information content (AvgIpc) is 3.07. The van der Waals surface area contributed by atoms with Crippen molar-refractivity contribution in [2.45, 2.75) is 25.7 Å². The third-order valence-corrected chi connectivity index (χ3v) is 4.36. The zero-order valence-corrected chi connectivity index (χ0v) is 13.9. The Balaban J connectivity index is 1.78. The largest absolute Gasteiger partial charge is 0.464 e. The molecule has 1 aromatic heterocycles. The van der Waals surface area contributed by atoms with Crippen molar-refractivity contribution in [3.8, 4) is 0 Å². The molecule has 0 bridgehead atoms. The number of hydroxylamine groups is 1. The van der Waals surface area contributed by atoms with Gasteiger partial charge in [-0.15, -0.1) is 0 Å². The van der Waals surface area contributed by atoms with E-state index in [1.807, 2.05) is 49.4 Å². The predicted octanol–water partition coefficient (Wildman–Crippen LogP) is 4.04. The molecule has 0 amide bonds. The number of hydrogen-bond donors (Lipinski definition) is 0. The highest BCUT2D eigenvalue weighted by atomic mass is 16.8. The lowest BCUT2D eigenvalue weighted by atomic mass is 10.0. The molecule has 1 aliphatic rings. The molecule has 1 aliphatic heterocycles. The maximum atomic E-state index is 13.0. The SMILES string of the molecule is CCO[C@H]1C[C@@H](c2coc3ccccc3c2=O)N(c2ccccc2)O1. The Morgan fingerprint density at radius 3 is 2.68 bits per heavy atom. The number of para-hydroxylation sites is 2. The maximum Gasteiger partial charge on any atom is 0.198 e. The highest BCUT2D eigenvalue weighted by Gasteiger charge is 2.37. The minimum Gasteiger partial charge on any atom is -0.464 e. The molecule has 0 spiro atoms. The molecule has 4 rings (SSSR count). The fourth-order valence-electron chi connectivity index (χ4n) is 3.20. The standard InChI is InChI=1S/C20H19NO4/c1-2-23-19-12-17(21(25-19)14-8-4-3-5-9-14)16-13-24-18-11-7-6-10-15(18)20(16)22/h3-11,13,17,19H,2,12H2,1H3/t17-,19+/m0/s1. The van der Waals surface area contributed by atoms with Crippen LogP contribution in [0.25, 0.3) is 11.0 Å². The fourth-order valence-corrected chi connectivity index (χ4v) is 3.20. The van der Waals surface area contributed by atoms with E-state index in [4.69, 9.17) is 14.0 Å². The first kappa shape index (κ1) is 15.9. The number of hydrogen-bond acceptors (Lipinski definition) is 5. The zero-order chi connectivity index (χ0) is 17.2. The smallest absolute Gasteiger partial charge is 0.198 e. The molecular weight excluding hydrogens is 318 g/mol. The lowest BCUT2D eigenvalue weighted by Crippen LogP contribution is -2.26. The number of fused-ring (bicyclic) bond motifs is 1. The topological polar surface area (TPSA) is 51.9 Å². The van der Waals surface area contributed by atoms with Crippen LogP contribution < -0.4 is 10.5 Å². The van der Waals surface area contributed by atoms with Crippen molar-refractivity contribution in [3.05, 3.63) is 76.6 Å². The fraction of sp³-hybridized carbons (Fsp3) is 0.250. The predicted molar refractivity (Wildman–Crippen MR) is 95.3 cm³/mol. The van der Waals surface area contributed by atoms with E-state index in [-0.39, 0.29) is 17.8 Å². The van der Waals surface area contributed by atoms with Gasteiger partial charge in [0, 0.05) is 13.0 Å². The van der Waals surface area contributed by atoms with E-state index >= 15 is 0 Å². The van der Waals surface area contributed by atoms with Gasteiger partial charge in [-0.25, -0.2) is 9.90 Å². The number of anilines is 1. The van der Waals surface area contributed by atoms with Crippen LogP contribution in [0, 0.1) is 0 Å².